The summed E-state index contributed by atoms with van der Waals surface area (Å²) >= 11 is 6.10. The molecule has 0 spiro atoms. The summed E-state index contributed by atoms with van der Waals surface area (Å²) in [5.74, 6) is 1.19. The molecule has 1 aromatic heterocycles. The molecule has 140 valence electrons. The van der Waals surface area contributed by atoms with Gasteiger partial charge in [0.15, 0.2) is 5.96 Å². The zero-order valence-corrected chi connectivity index (χ0v) is 15.8. The minimum absolute atomic E-state index is 0.173. The summed E-state index contributed by atoms with van der Waals surface area (Å²) in [6, 6.07) is 5.86. The topological polar surface area (TPSA) is 81.3 Å². The van der Waals surface area contributed by atoms with E-state index in [9.17, 15) is 4.79 Å². The third-order valence-corrected chi connectivity index (χ3v) is 4.62. The van der Waals surface area contributed by atoms with Crippen LogP contribution in [-0.4, -0.2) is 43.0 Å². The fourth-order valence-electron chi connectivity index (χ4n) is 2.84. The van der Waals surface area contributed by atoms with E-state index in [0.29, 0.717) is 19.6 Å². The van der Waals surface area contributed by atoms with Crippen molar-refractivity contribution in [1.29, 1.82) is 0 Å². The van der Waals surface area contributed by atoms with Gasteiger partial charge in [-0.25, -0.2) is 0 Å². The Bertz CT molecular complexity index is 781. The van der Waals surface area contributed by atoms with E-state index in [1.165, 1.54) is 5.56 Å². The minimum atomic E-state index is 0.173. The van der Waals surface area contributed by atoms with Crippen LogP contribution in [0.5, 0.6) is 0 Å². The van der Waals surface area contributed by atoms with E-state index in [0.717, 1.165) is 47.7 Å². The van der Waals surface area contributed by atoms with Crippen LogP contribution in [0.2, 0.25) is 5.02 Å². The van der Waals surface area contributed by atoms with E-state index >= 15 is 0 Å². The van der Waals surface area contributed by atoms with Gasteiger partial charge in [-0.05, 0) is 49.9 Å². The number of H-pyrrole nitrogens is 1. The highest BCUT2D eigenvalue weighted by atomic mass is 35.5. The Kier molecular flexibility index (Phi) is 6.39. The number of amides is 1. The van der Waals surface area contributed by atoms with Gasteiger partial charge in [0.1, 0.15) is 0 Å². The molecule has 1 aliphatic rings. The Balaban J connectivity index is 1.48. The zero-order chi connectivity index (χ0) is 18.4. The van der Waals surface area contributed by atoms with Crippen LogP contribution in [0, 0.1) is 5.92 Å². The largest absolute Gasteiger partial charge is 0.361 e. The molecule has 0 atom stereocenters. The number of halogens is 1. The first-order chi connectivity index (χ1) is 12.7. The maximum atomic E-state index is 11.6. The van der Waals surface area contributed by atoms with Gasteiger partial charge in [-0.3, -0.25) is 9.79 Å². The van der Waals surface area contributed by atoms with Crippen LogP contribution in [0.4, 0.5) is 0 Å². The average molecular weight is 376 g/mol. The second kappa shape index (κ2) is 8.94. The van der Waals surface area contributed by atoms with Crippen molar-refractivity contribution < 1.29 is 4.79 Å². The molecular formula is C19H26ClN5O. The molecule has 1 fully saturated rings. The van der Waals surface area contributed by atoms with Crippen molar-refractivity contribution in [2.24, 2.45) is 10.9 Å². The van der Waals surface area contributed by atoms with Crippen LogP contribution in [0.25, 0.3) is 10.9 Å². The fraction of sp³-hybridized carbons (Fsp3) is 0.474. The number of nitrogens with zero attached hydrogens (tertiary/aromatic N) is 1. The zero-order valence-electron chi connectivity index (χ0n) is 15.1. The lowest BCUT2D eigenvalue weighted by atomic mass is 10.1. The van der Waals surface area contributed by atoms with Gasteiger partial charge in [0.2, 0.25) is 5.91 Å². The molecule has 0 bridgehead atoms. The number of aromatic nitrogens is 1. The molecule has 1 aliphatic carbocycles. The molecule has 3 rings (SSSR count). The number of guanidine groups is 1. The fourth-order valence-corrected chi connectivity index (χ4v) is 3.02. The van der Waals surface area contributed by atoms with Gasteiger partial charge in [0, 0.05) is 54.2 Å². The van der Waals surface area contributed by atoms with Gasteiger partial charge in [-0.15, -0.1) is 0 Å². The smallest absolute Gasteiger partial charge is 0.223 e. The maximum Gasteiger partial charge on any atom is 0.223 e. The van der Waals surface area contributed by atoms with E-state index < -0.39 is 0 Å². The number of benzene rings is 1. The lowest BCUT2D eigenvalue weighted by Gasteiger charge is -2.11. The number of carbonyl (C=O) groups excluding carboxylic acids is 1. The third kappa shape index (κ3) is 5.14. The monoisotopic (exact) mass is 375 g/mol. The number of nitrogens with one attached hydrogen (secondary N) is 4. The third-order valence-electron chi connectivity index (χ3n) is 4.39. The first kappa shape index (κ1) is 18.6. The quantitative estimate of drug-likeness (QED) is 0.325. The van der Waals surface area contributed by atoms with Crippen LogP contribution in [-0.2, 0) is 11.2 Å². The molecule has 1 heterocycles. The SMILES string of the molecule is CCNC(=NCCc1c[nH]c2ccc(Cl)cc12)NCCNC(=O)C1CC1. The van der Waals surface area contributed by atoms with E-state index in [-0.39, 0.29) is 11.8 Å². The molecule has 4 N–H and O–H groups in total. The molecule has 0 radical (unpaired) electrons. The normalized spacial score (nSPS) is 14.5. The molecule has 26 heavy (non-hydrogen) atoms. The maximum absolute atomic E-state index is 11.6. The molecule has 0 unspecified atom stereocenters. The Hall–Kier alpha value is -2.21. The molecule has 7 heteroatoms. The number of hydrogen-bond donors (Lipinski definition) is 4. The minimum Gasteiger partial charge on any atom is -0.361 e. The number of fused-ring (bicyclic) bond motifs is 1. The molecular weight excluding hydrogens is 350 g/mol. The molecule has 0 aliphatic heterocycles. The summed E-state index contributed by atoms with van der Waals surface area (Å²) in [6.07, 6.45) is 4.91. The van der Waals surface area contributed by atoms with Crippen LogP contribution in [0.3, 0.4) is 0 Å². The molecule has 6 nitrogen and oxygen atoms in total. The second-order valence-electron chi connectivity index (χ2n) is 6.51. The number of aromatic amines is 1. The molecule has 1 aromatic carbocycles. The van der Waals surface area contributed by atoms with E-state index in [1.807, 2.05) is 31.3 Å². The van der Waals surface area contributed by atoms with Crippen molar-refractivity contribution in [3.63, 3.8) is 0 Å². The van der Waals surface area contributed by atoms with Gasteiger partial charge in [-0.1, -0.05) is 11.6 Å². The van der Waals surface area contributed by atoms with Crippen molar-refractivity contribution in [3.8, 4) is 0 Å². The van der Waals surface area contributed by atoms with Gasteiger partial charge in [-0.2, -0.15) is 0 Å². The lowest BCUT2D eigenvalue weighted by Crippen LogP contribution is -2.41. The summed E-state index contributed by atoms with van der Waals surface area (Å²) in [4.78, 5) is 19.5. The summed E-state index contributed by atoms with van der Waals surface area (Å²) in [6.45, 7) is 4.77. The molecule has 1 saturated carbocycles. The van der Waals surface area contributed by atoms with E-state index in [4.69, 9.17) is 11.6 Å². The van der Waals surface area contributed by atoms with Gasteiger partial charge in [0.25, 0.3) is 0 Å². The summed E-state index contributed by atoms with van der Waals surface area (Å²) in [7, 11) is 0. The van der Waals surface area contributed by atoms with Crippen molar-refractivity contribution in [3.05, 3.63) is 35.0 Å². The highest BCUT2D eigenvalue weighted by molar-refractivity contribution is 6.31. The van der Waals surface area contributed by atoms with Crippen molar-refractivity contribution >= 4 is 34.4 Å². The highest BCUT2D eigenvalue weighted by Gasteiger charge is 2.28. The summed E-state index contributed by atoms with van der Waals surface area (Å²) in [5, 5.41) is 11.3. The highest BCUT2D eigenvalue weighted by Crippen LogP contribution is 2.28. The predicted octanol–water partition coefficient (Wildman–Crippen LogP) is 2.45. The number of aliphatic imine (C=N–C) groups is 1. The lowest BCUT2D eigenvalue weighted by molar-refractivity contribution is -0.122. The van der Waals surface area contributed by atoms with Gasteiger partial charge >= 0.3 is 0 Å². The Morgan fingerprint density at radius 3 is 2.85 bits per heavy atom. The predicted molar refractivity (Wildman–Crippen MR) is 107 cm³/mol. The van der Waals surface area contributed by atoms with Crippen molar-refractivity contribution in [2.75, 3.05) is 26.2 Å². The molecule has 0 saturated heterocycles. The van der Waals surface area contributed by atoms with Gasteiger partial charge in [0.05, 0.1) is 0 Å². The Morgan fingerprint density at radius 1 is 1.27 bits per heavy atom. The average Bonchev–Trinajstić information content (AvgIpc) is 3.41. The second-order valence-corrected chi connectivity index (χ2v) is 6.94. The number of rotatable bonds is 8. The first-order valence-electron chi connectivity index (χ1n) is 9.22. The molecule has 2 aromatic rings. The van der Waals surface area contributed by atoms with Crippen molar-refractivity contribution in [1.82, 2.24) is 20.9 Å². The summed E-state index contributed by atoms with van der Waals surface area (Å²) < 4.78 is 0. The number of hydrogen-bond acceptors (Lipinski definition) is 2. The van der Waals surface area contributed by atoms with E-state index in [1.54, 1.807) is 0 Å². The van der Waals surface area contributed by atoms with Crippen LogP contribution in [0.15, 0.2) is 29.4 Å². The van der Waals surface area contributed by atoms with Crippen LogP contribution in [0.1, 0.15) is 25.3 Å². The number of carbonyl (C=O) groups is 1. The molecule has 1 amide bonds. The Labute approximate surface area is 158 Å². The van der Waals surface area contributed by atoms with E-state index in [2.05, 4.69) is 25.9 Å². The summed E-state index contributed by atoms with van der Waals surface area (Å²) in [5.41, 5.74) is 2.30. The van der Waals surface area contributed by atoms with Gasteiger partial charge < -0.3 is 20.9 Å². The Morgan fingerprint density at radius 2 is 2.08 bits per heavy atom. The first-order valence-corrected chi connectivity index (χ1v) is 9.60. The van der Waals surface area contributed by atoms with Crippen LogP contribution >= 0.6 is 11.6 Å². The standard InChI is InChI=1S/C19H26ClN5O/c1-2-21-19(24-10-9-22-18(26)13-3-4-13)23-8-7-14-12-25-17-6-5-15(20)11-16(14)17/h5-6,11-13,25H,2-4,7-10H2,1H3,(H,22,26)(H2,21,23,24). The van der Waals surface area contributed by atoms with Crippen molar-refractivity contribution in [2.45, 2.75) is 26.2 Å². The van der Waals surface area contributed by atoms with Crippen LogP contribution < -0.4 is 16.0 Å².